The van der Waals surface area contributed by atoms with E-state index in [1.165, 1.54) is 12.0 Å². The van der Waals surface area contributed by atoms with Crippen LogP contribution in [0.1, 0.15) is 39.0 Å². The van der Waals surface area contributed by atoms with Crippen LogP contribution in [0, 0.1) is 0 Å². The highest BCUT2D eigenvalue weighted by molar-refractivity contribution is 5.92. The smallest absolute Gasteiger partial charge is 0.408 e. The molecule has 0 spiro atoms. The molecule has 0 saturated heterocycles. The Labute approximate surface area is 169 Å². The first kappa shape index (κ1) is 20.7. The van der Waals surface area contributed by atoms with Crippen LogP contribution in [0.25, 0.3) is 10.9 Å². The number of para-hydroxylation sites is 1. The average molecular weight is 401 g/mol. The number of carbonyl (C=O) groups is 3. The predicted octanol–water partition coefficient (Wildman–Crippen LogP) is 2.51. The van der Waals surface area contributed by atoms with Gasteiger partial charge in [-0.05, 0) is 39.3 Å². The van der Waals surface area contributed by atoms with E-state index < -0.39 is 29.7 Å². The number of alkyl carbamates (subject to hydrolysis) is 1. The molecule has 1 aliphatic rings. The third-order valence-corrected chi connectivity index (χ3v) is 4.92. The fourth-order valence-electron chi connectivity index (χ4n) is 3.55. The van der Waals surface area contributed by atoms with Crippen LogP contribution in [0.5, 0.6) is 0 Å². The molecule has 3 rings (SSSR count). The monoisotopic (exact) mass is 401 g/mol. The molecule has 0 saturated carbocycles. The number of aromatic amines is 1. The molecule has 2 atom stereocenters. The molecule has 2 amide bonds. The number of benzene rings is 1. The number of carbonyl (C=O) groups excluding carboxylic acids is 3. The van der Waals surface area contributed by atoms with Crippen molar-refractivity contribution in [3.63, 3.8) is 0 Å². The Kier molecular flexibility index (Phi) is 5.55. The van der Waals surface area contributed by atoms with E-state index in [0.717, 1.165) is 22.2 Å². The van der Waals surface area contributed by atoms with Crippen LogP contribution in [-0.2, 0) is 32.0 Å². The Hall–Kier alpha value is -3.03. The van der Waals surface area contributed by atoms with Crippen molar-refractivity contribution in [1.29, 1.82) is 0 Å². The minimum Gasteiger partial charge on any atom is -0.467 e. The van der Waals surface area contributed by atoms with Crippen molar-refractivity contribution in [3.8, 4) is 0 Å². The van der Waals surface area contributed by atoms with Crippen LogP contribution in [0.3, 0.4) is 0 Å². The van der Waals surface area contributed by atoms with Gasteiger partial charge < -0.3 is 24.7 Å². The number of nitrogens with zero attached hydrogens (tertiary/aromatic N) is 1. The summed E-state index contributed by atoms with van der Waals surface area (Å²) in [7, 11) is 1.28. The van der Waals surface area contributed by atoms with Gasteiger partial charge in [0.05, 0.1) is 13.7 Å². The molecule has 8 heteroatoms. The minimum atomic E-state index is -0.864. The number of hydrogen-bond acceptors (Lipinski definition) is 5. The Balaban J connectivity index is 1.99. The molecule has 1 aromatic carbocycles. The number of rotatable bonds is 3. The molecule has 8 nitrogen and oxygen atoms in total. The van der Waals surface area contributed by atoms with Crippen LogP contribution in [-0.4, -0.2) is 52.6 Å². The quantitative estimate of drug-likeness (QED) is 0.770. The van der Waals surface area contributed by atoms with Gasteiger partial charge in [-0.25, -0.2) is 9.59 Å². The molecule has 0 unspecified atom stereocenters. The van der Waals surface area contributed by atoms with Gasteiger partial charge >= 0.3 is 12.1 Å². The van der Waals surface area contributed by atoms with Gasteiger partial charge in [-0.2, -0.15) is 0 Å². The van der Waals surface area contributed by atoms with E-state index in [0.29, 0.717) is 6.42 Å². The number of methoxy groups -OCH3 is 1. The minimum absolute atomic E-state index is 0.214. The summed E-state index contributed by atoms with van der Waals surface area (Å²) in [5.41, 5.74) is 2.02. The molecule has 0 aliphatic carbocycles. The Bertz CT molecular complexity index is 943. The summed E-state index contributed by atoms with van der Waals surface area (Å²) in [5, 5.41) is 3.67. The van der Waals surface area contributed by atoms with Crippen molar-refractivity contribution < 1.29 is 23.9 Å². The van der Waals surface area contributed by atoms with E-state index in [-0.39, 0.29) is 12.5 Å². The van der Waals surface area contributed by atoms with Crippen molar-refractivity contribution >= 4 is 28.9 Å². The highest BCUT2D eigenvalue weighted by Gasteiger charge is 2.37. The standard InChI is InChI=1S/C21H27N3O5/c1-12(19(26)28-5)24-11-17-14(13-8-6-7-9-15(13)22-17)10-16(18(24)25)23-20(27)29-21(2,3)4/h6-9,12,16,22H,10-11H2,1-5H3,(H,23,27)/t12-,16-/m0/s1. The Morgan fingerprint density at radius 2 is 1.97 bits per heavy atom. The second kappa shape index (κ2) is 7.77. The van der Waals surface area contributed by atoms with E-state index in [2.05, 4.69) is 10.3 Å². The molecule has 1 aliphatic heterocycles. The second-order valence-corrected chi connectivity index (χ2v) is 8.20. The lowest BCUT2D eigenvalue weighted by atomic mass is 10.0. The zero-order chi connectivity index (χ0) is 21.3. The van der Waals surface area contributed by atoms with Crippen molar-refractivity contribution in [2.45, 2.75) is 58.3 Å². The van der Waals surface area contributed by atoms with Crippen LogP contribution in [0.2, 0.25) is 0 Å². The van der Waals surface area contributed by atoms with Crippen molar-refractivity contribution in [2.24, 2.45) is 0 Å². The number of ether oxygens (including phenoxy) is 2. The lowest BCUT2D eigenvalue weighted by molar-refractivity contribution is -0.153. The summed E-state index contributed by atoms with van der Waals surface area (Å²) in [4.78, 5) is 42.5. The summed E-state index contributed by atoms with van der Waals surface area (Å²) in [6.45, 7) is 7.09. The molecule has 29 heavy (non-hydrogen) atoms. The van der Waals surface area contributed by atoms with Gasteiger partial charge in [0.15, 0.2) is 0 Å². The molecule has 2 aromatic rings. The van der Waals surface area contributed by atoms with Gasteiger partial charge in [-0.15, -0.1) is 0 Å². The average Bonchev–Trinajstić information content (AvgIpc) is 2.93. The predicted molar refractivity (Wildman–Crippen MR) is 107 cm³/mol. The summed E-state index contributed by atoms with van der Waals surface area (Å²) in [6.07, 6.45) is -0.383. The first-order chi connectivity index (χ1) is 13.6. The fourth-order valence-corrected chi connectivity index (χ4v) is 3.55. The molecular weight excluding hydrogens is 374 g/mol. The Morgan fingerprint density at radius 1 is 1.28 bits per heavy atom. The third-order valence-electron chi connectivity index (χ3n) is 4.92. The fraction of sp³-hybridized carbons (Fsp3) is 0.476. The molecule has 2 heterocycles. The number of fused-ring (bicyclic) bond motifs is 3. The molecule has 1 aromatic heterocycles. The number of esters is 1. The van der Waals surface area contributed by atoms with E-state index >= 15 is 0 Å². The zero-order valence-electron chi connectivity index (χ0n) is 17.4. The largest absolute Gasteiger partial charge is 0.467 e. The molecular formula is C21H27N3O5. The van der Waals surface area contributed by atoms with Gasteiger partial charge in [-0.3, -0.25) is 4.79 Å². The van der Waals surface area contributed by atoms with Crippen molar-refractivity contribution in [3.05, 3.63) is 35.5 Å². The summed E-state index contributed by atoms with van der Waals surface area (Å²) >= 11 is 0. The van der Waals surface area contributed by atoms with Crippen LogP contribution in [0.4, 0.5) is 4.79 Å². The summed E-state index contributed by atoms with van der Waals surface area (Å²) < 4.78 is 10.2. The number of nitrogens with one attached hydrogen (secondary N) is 2. The van der Waals surface area contributed by atoms with Crippen LogP contribution in [0.15, 0.2) is 24.3 Å². The SMILES string of the molecule is COC(=O)[C@H](C)N1Cc2[nH]c3ccccc3c2C[C@H](NC(=O)OC(C)(C)C)C1=O. The number of hydrogen-bond donors (Lipinski definition) is 2. The van der Waals surface area contributed by atoms with Gasteiger partial charge in [0.2, 0.25) is 5.91 Å². The third kappa shape index (κ3) is 4.36. The first-order valence-electron chi connectivity index (χ1n) is 9.57. The topological polar surface area (TPSA) is 101 Å². The summed E-state index contributed by atoms with van der Waals surface area (Å²) in [6, 6.07) is 6.11. The summed E-state index contributed by atoms with van der Waals surface area (Å²) in [5.74, 6) is -0.878. The highest BCUT2D eigenvalue weighted by Crippen LogP contribution is 2.29. The molecule has 0 radical (unpaired) electrons. The molecule has 0 bridgehead atoms. The van der Waals surface area contributed by atoms with E-state index in [4.69, 9.17) is 9.47 Å². The van der Waals surface area contributed by atoms with Gasteiger partial charge in [-0.1, -0.05) is 18.2 Å². The van der Waals surface area contributed by atoms with Crippen molar-refractivity contribution in [2.75, 3.05) is 7.11 Å². The number of H-pyrrole nitrogens is 1. The van der Waals surface area contributed by atoms with E-state index in [9.17, 15) is 14.4 Å². The van der Waals surface area contributed by atoms with Gasteiger partial charge in [0.1, 0.15) is 17.7 Å². The van der Waals surface area contributed by atoms with Crippen LogP contribution < -0.4 is 5.32 Å². The molecule has 2 N–H and O–H groups in total. The zero-order valence-corrected chi connectivity index (χ0v) is 17.4. The molecule has 156 valence electrons. The van der Waals surface area contributed by atoms with E-state index in [1.807, 2.05) is 24.3 Å². The van der Waals surface area contributed by atoms with Gasteiger partial charge in [0.25, 0.3) is 0 Å². The maximum Gasteiger partial charge on any atom is 0.408 e. The maximum atomic E-state index is 13.2. The lowest BCUT2D eigenvalue weighted by Gasteiger charge is -2.29. The normalized spacial score (nSPS) is 18.0. The highest BCUT2D eigenvalue weighted by atomic mass is 16.6. The molecule has 0 fully saturated rings. The first-order valence-corrected chi connectivity index (χ1v) is 9.57. The van der Waals surface area contributed by atoms with Gasteiger partial charge in [0, 0.05) is 23.0 Å². The van der Waals surface area contributed by atoms with Crippen molar-refractivity contribution in [1.82, 2.24) is 15.2 Å². The number of aromatic nitrogens is 1. The Morgan fingerprint density at radius 3 is 2.62 bits per heavy atom. The van der Waals surface area contributed by atoms with E-state index in [1.54, 1.807) is 27.7 Å². The number of amides is 2. The van der Waals surface area contributed by atoms with Crippen LogP contribution >= 0.6 is 0 Å². The second-order valence-electron chi connectivity index (χ2n) is 8.20. The lowest BCUT2D eigenvalue weighted by Crippen LogP contribution is -2.53. The maximum absolute atomic E-state index is 13.2.